The maximum atomic E-state index is 13.5. The number of aromatic nitrogens is 3. The average Bonchev–Trinajstić information content (AvgIpc) is 3.08. The number of nitrogens with zero attached hydrogens (tertiary/aromatic N) is 4. The molecule has 144 valence electrons. The van der Waals surface area contributed by atoms with Gasteiger partial charge in [-0.05, 0) is 36.8 Å². The van der Waals surface area contributed by atoms with E-state index in [1.807, 2.05) is 35.7 Å². The van der Waals surface area contributed by atoms with Crippen molar-refractivity contribution in [3.05, 3.63) is 65.4 Å². The van der Waals surface area contributed by atoms with Crippen LogP contribution in [0.2, 0.25) is 0 Å². The SMILES string of the molecule is CCNC(=NCc1ccc(F)c(CO)c1)NCc1nnc2ccccn12.I. The summed E-state index contributed by atoms with van der Waals surface area (Å²) in [6.45, 7) is 3.18. The summed E-state index contributed by atoms with van der Waals surface area (Å²) in [6.07, 6.45) is 1.91. The van der Waals surface area contributed by atoms with Crippen molar-refractivity contribution in [2.24, 2.45) is 4.99 Å². The molecular formula is C18H22FIN6O. The highest BCUT2D eigenvalue weighted by Gasteiger charge is 2.06. The topological polar surface area (TPSA) is 86.8 Å². The van der Waals surface area contributed by atoms with E-state index in [1.54, 1.807) is 12.1 Å². The van der Waals surface area contributed by atoms with Gasteiger partial charge >= 0.3 is 0 Å². The van der Waals surface area contributed by atoms with Gasteiger partial charge in [0.25, 0.3) is 0 Å². The molecule has 7 nitrogen and oxygen atoms in total. The van der Waals surface area contributed by atoms with Crippen molar-refractivity contribution in [3.63, 3.8) is 0 Å². The third kappa shape index (κ3) is 5.36. The molecular weight excluding hydrogens is 462 g/mol. The van der Waals surface area contributed by atoms with Crippen LogP contribution < -0.4 is 10.6 Å². The zero-order chi connectivity index (χ0) is 18.4. The highest BCUT2D eigenvalue weighted by Crippen LogP contribution is 2.11. The van der Waals surface area contributed by atoms with Gasteiger partial charge in [-0.25, -0.2) is 9.38 Å². The Morgan fingerprint density at radius 1 is 1.22 bits per heavy atom. The molecule has 1 aromatic carbocycles. The van der Waals surface area contributed by atoms with E-state index < -0.39 is 5.82 Å². The third-order valence-corrected chi connectivity index (χ3v) is 3.84. The van der Waals surface area contributed by atoms with Gasteiger partial charge in [-0.3, -0.25) is 4.40 Å². The largest absolute Gasteiger partial charge is 0.392 e. The molecule has 0 bridgehead atoms. The Bertz CT molecular complexity index is 914. The molecule has 2 aromatic heterocycles. The number of hydrogen-bond acceptors (Lipinski definition) is 4. The van der Waals surface area contributed by atoms with Gasteiger partial charge in [-0.15, -0.1) is 34.2 Å². The van der Waals surface area contributed by atoms with Crippen molar-refractivity contribution in [2.45, 2.75) is 26.6 Å². The lowest BCUT2D eigenvalue weighted by molar-refractivity contribution is 0.275. The predicted octanol–water partition coefficient (Wildman–Crippen LogP) is 2.23. The fourth-order valence-electron chi connectivity index (χ4n) is 2.53. The third-order valence-electron chi connectivity index (χ3n) is 3.84. The zero-order valence-electron chi connectivity index (χ0n) is 14.9. The van der Waals surface area contributed by atoms with Gasteiger partial charge in [0, 0.05) is 18.3 Å². The number of halogens is 2. The highest BCUT2D eigenvalue weighted by molar-refractivity contribution is 14.0. The first-order chi connectivity index (χ1) is 12.7. The van der Waals surface area contributed by atoms with Gasteiger partial charge < -0.3 is 15.7 Å². The minimum absolute atomic E-state index is 0. The van der Waals surface area contributed by atoms with Gasteiger partial charge in [0.1, 0.15) is 5.82 Å². The monoisotopic (exact) mass is 484 g/mol. The van der Waals surface area contributed by atoms with E-state index in [2.05, 4.69) is 25.8 Å². The van der Waals surface area contributed by atoms with E-state index in [0.717, 1.165) is 17.0 Å². The van der Waals surface area contributed by atoms with Crippen LogP contribution in [0.5, 0.6) is 0 Å². The molecule has 0 spiro atoms. The summed E-state index contributed by atoms with van der Waals surface area (Å²) in [4.78, 5) is 4.50. The van der Waals surface area contributed by atoms with Gasteiger partial charge in [-0.1, -0.05) is 12.1 Å². The Balaban J connectivity index is 0.00000261. The number of aliphatic hydroxyl groups is 1. The first kappa shape index (κ1) is 21.0. The molecule has 3 rings (SSSR count). The number of rotatable bonds is 6. The summed E-state index contributed by atoms with van der Waals surface area (Å²) in [5, 5.41) is 23.8. The zero-order valence-corrected chi connectivity index (χ0v) is 17.2. The minimum atomic E-state index is -0.413. The summed E-state index contributed by atoms with van der Waals surface area (Å²) in [5.41, 5.74) is 1.88. The number of aliphatic hydroxyl groups excluding tert-OH is 1. The Labute approximate surface area is 173 Å². The molecule has 0 radical (unpaired) electrons. The van der Waals surface area contributed by atoms with Crippen molar-refractivity contribution in [2.75, 3.05) is 6.54 Å². The number of fused-ring (bicyclic) bond motifs is 1. The van der Waals surface area contributed by atoms with Crippen LogP contribution in [-0.2, 0) is 19.7 Å². The molecule has 0 saturated carbocycles. The Morgan fingerprint density at radius 2 is 2.07 bits per heavy atom. The number of benzene rings is 1. The van der Waals surface area contributed by atoms with Gasteiger partial charge in [-0.2, -0.15) is 0 Å². The Morgan fingerprint density at radius 3 is 2.85 bits per heavy atom. The highest BCUT2D eigenvalue weighted by atomic mass is 127. The second kappa shape index (κ2) is 10.2. The van der Waals surface area contributed by atoms with Crippen LogP contribution in [-0.4, -0.2) is 32.2 Å². The summed E-state index contributed by atoms with van der Waals surface area (Å²) in [5.74, 6) is 0.981. The van der Waals surface area contributed by atoms with E-state index in [0.29, 0.717) is 25.6 Å². The molecule has 0 amide bonds. The molecule has 0 aliphatic carbocycles. The first-order valence-electron chi connectivity index (χ1n) is 8.40. The first-order valence-corrected chi connectivity index (χ1v) is 8.40. The molecule has 3 aromatic rings. The number of guanidine groups is 1. The van der Waals surface area contributed by atoms with Crippen molar-refractivity contribution in [1.29, 1.82) is 0 Å². The lowest BCUT2D eigenvalue weighted by Gasteiger charge is -2.11. The minimum Gasteiger partial charge on any atom is -0.392 e. The normalized spacial score (nSPS) is 11.3. The number of nitrogens with one attached hydrogen (secondary N) is 2. The molecule has 27 heavy (non-hydrogen) atoms. The van der Waals surface area contributed by atoms with Crippen LogP contribution in [0.1, 0.15) is 23.9 Å². The Hall–Kier alpha value is -2.27. The van der Waals surface area contributed by atoms with Crippen LogP contribution in [0.25, 0.3) is 5.65 Å². The smallest absolute Gasteiger partial charge is 0.191 e. The Kier molecular flexibility index (Phi) is 7.92. The average molecular weight is 484 g/mol. The second-order valence-corrected chi connectivity index (χ2v) is 5.68. The molecule has 0 saturated heterocycles. The van der Waals surface area contributed by atoms with Crippen LogP contribution >= 0.6 is 24.0 Å². The molecule has 2 heterocycles. The van der Waals surface area contributed by atoms with Crippen LogP contribution in [0.3, 0.4) is 0 Å². The summed E-state index contributed by atoms with van der Waals surface area (Å²) in [6, 6.07) is 10.4. The maximum absolute atomic E-state index is 13.5. The van der Waals surface area contributed by atoms with E-state index >= 15 is 0 Å². The van der Waals surface area contributed by atoms with Crippen molar-refractivity contribution in [1.82, 2.24) is 25.2 Å². The van der Waals surface area contributed by atoms with Crippen LogP contribution in [0.4, 0.5) is 4.39 Å². The molecule has 3 N–H and O–H groups in total. The van der Waals surface area contributed by atoms with Crippen molar-refractivity contribution < 1.29 is 9.50 Å². The van der Waals surface area contributed by atoms with E-state index in [4.69, 9.17) is 5.11 Å². The predicted molar refractivity (Wildman–Crippen MR) is 112 cm³/mol. The van der Waals surface area contributed by atoms with E-state index in [9.17, 15) is 4.39 Å². The van der Waals surface area contributed by atoms with Crippen molar-refractivity contribution >= 4 is 35.6 Å². The quantitative estimate of drug-likeness (QED) is 0.284. The standard InChI is InChI=1S/C18H21FN6O.HI/c1-2-20-18(21-10-13-6-7-15(19)14(9-13)12-26)22-11-17-24-23-16-5-3-4-8-25(16)17;/h3-9,26H,2,10-12H2,1H3,(H2,20,21,22);1H. The van der Waals surface area contributed by atoms with Crippen molar-refractivity contribution in [3.8, 4) is 0 Å². The number of hydrogen-bond donors (Lipinski definition) is 3. The lowest BCUT2D eigenvalue weighted by Crippen LogP contribution is -2.37. The van der Waals surface area contributed by atoms with E-state index in [1.165, 1.54) is 6.07 Å². The van der Waals surface area contributed by atoms with Gasteiger partial charge in [0.05, 0.1) is 19.7 Å². The van der Waals surface area contributed by atoms with Gasteiger partial charge in [0.2, 0.25) is 0 Å². The second-order valence-electron chi connectivity index (χ2n) is 5.68. The molecule has 0 aliphatic rings. The number of pyridine rings is 1. The molecule has 0 atom stereocenters. The lowest BCUT2D eigenvalue weighted by atomic mass is 10.1. The van der Waals surface area contributed by atoms with Crippen LogP contribution in [0.15, 0.2) is 47.6 Å². The molecule has 0 aliphatic heterocycles. The maximum Gasteiger partial charge on any atom is 0.191 e. The molecule has 0 unspecified atom stereocenters. The van der Waals surface area contributed by atoms with Crippen LogP contribution in [0, 0.1) is 5.82 Å². The summed E-state index contributed by atoms with van der Waals surface area (Å²) in [7, 11) is 0. The summed E-state index contributed by atoms with van der Waals surface area (Å²) >= 11 is 0. The number of aliphatic imine (C=N–C) groups is 1. The molecule has 0 fully saturated rings. The summed E-state index contributed by atoms with van der Waals surface area (Å²) < 4.78 is 15.4. The fraction of sp³-hybridized carbons (Fsp3) is 0.278. The van der Waals surface area contributed by atoms with Gasteiger partial charge in [0.15, 0.2) is 17.4 Å². The fourth-order valence-corrected chi connectivity index (χ4v) is 2.53. The molecule has 9 heteroatoms. The van der Waals surface area contributed by atoms with E-state index in [-0.39, 0.29) is 36.1 Å².